The third-order valence-corrected chi connectivity index (χ3v) is 2.85. The van der Waals surface area contributed by atoms with Gasteiger partial charge in [0.2, 0.25) is 0 Å². The van der Waals surface area contributed by atoms with Crippen LogP contribution < -0.4 is 0 Å². The summed E-state index contributed by atoms with van der Waals surface area (Å²) in [5.74, 6) is 0. The van der Waals surface area contributed by atoms with Crippen LogP contribution in [0, 0.1) is 5.41 Å². The predicted octanol–water partition coefficient (Wildman–Crippen LogP) is 4.28. The first kappa shape index (κ1) is 13.0. The first-order valence-electron chi connectivity index (χ1n) is 5.81. The van der Waals surface area contributed by atoms with E-state index in [9.17, 15) is 0 Å². The highest BCUT2D eigenvalue weighted by molar-refractivity contribution is 5.78. The molecule has 1 N–H and O–H groups in total. The van der Waals surface area contributed by atoms with Gasteiger partial charge in [0.1, 0.15) is 0 Å². The van der Waals surface area contributed by atoms with E-state index in [1.807, 2.05) is 0 Å². The summed E-state index contributed by atoms with van der Waals surface area (Å²) in [5.41, 5.74) is 3.88. The molecule has 88 valence electrons. The lowest BCUT2D eigenvalue weighted by atomic mass is 9.80. The van der Waals surface area contributed by atoms with E-state index in [0.29, 0.717) is 0 Å². The largest absolute Gasteiger partial charge is 0.308 e. The summed E-state index contributed by atoms with van der Waals surface area (Å²) in [6, 6.07) is 6.50. The summed E-state index contributed by atoms with van der Waals surface area (Å²) in [6.45, 7) is 13.3. The molecule has 1 heteroatoms. The van der Waals surface area contributed by atoms with Crippen molar-refractivity contribution in [2.75, 3.05) is 0 Å². The van der Waals surface area contributed by atoms with Gasteiger partial charge >= 0.3 is 0 Å². The van der Waals surface area contributed by atoms with E-state index in [-0.39, 0.29) is 10.8 Å². The second-order valence-corrected chi connectivity index (χ2v) is 6.49. The van der Waals surface area contributed by atoms with Gasteiger partial charge in [-0.3, -0.25) is 0 Å². The molecule has 16 heavy (non-hydrogen) atoms. The molecule has 0 radical (unpaired) electrons. The number of hydrogen-bond donors (Lipinski definition) is 1. The van der Waals surface area contributed by atoms with E-state index in [0.717, 1.165) is 5.56 Å². The van der Waals surface area contributed by atoms with Crippen molar-refractivity contribution in [2.24, 2.45) is 0 Å². The zero-order valence-corrected chi connectivity index (χ0v) is 11.3. The van der Waals surface area contributed by atoms with Crippen LogP contribution in [0.15, 0.2) is 18.2 Å². The summed E-state index contributed by atoms with van der Waals surface area (Å²) in [5, 5.41) is 7.42. The van der Waals surface area contributed by atoms with E-state index in [1.165, 1.54) is 17.3 Å². The van der Waals surface area contributed by atoms with Crippen LogP contribution in [0.5, 0.6) is 0 Å². The van der Waals surface area contributed by atoms with E-state index < -0.39 is 0 Å². The summed E-state index contributed by atoms with van der Waals surface area (Å²) in [7, 11) is 0. The number of rotatable bonds is 1. The molecular formula is C15H23N. The van der Waals surface area contributed by atoms with Gasteiger partial charge in [-0.1, -0.05) is 47.6 Å². The molecule has 0 saturated heterocycles. The fraction of sp³-hybridized carbons (Fsp3) is 0.533. The third-order valence-electron chi connectivity index (χ3n) is 2.85. The van der Waals surface area contributed by atoms with E-state index in [4.69, 9.17) is 5.41 Å². The Hall–Kier alpha value is -1.11. The van der Waals surface area contributed by atoms with Gasteiger partial charge in [0, 0.05) is 6.21 Å². The number of nitrogens with one attached hydrogen (secondary N) is 1. The Morgan fingerprint density at radius 1 is 0.812 bits per heavy atom. The van der Waals surface area contributed by atoms with Crippen molar-refractivity contribution in [3.8, 4) is 0 Å². The average molecular weight is 217 g/mol. The van der Waals surface area contributed by atoms with Gasteiger partial charge in [0.05, 0.1) is 0 Å². The molecule has 0 amide bonds. The Balaban J connectivity index is 3.39. The molecule has 0 spiro atoms. The number of benzene rings is 1. The Morgan fingerprint density at radius 3 is 1.44 bits per heavy atom. The van der Waals surface area contributed by atoms with Crippen LogP contribution >= 0.6 is 0 Å². The molecule has 0 saturated carbocycles. The van der Waals surface area contributed by atoms with Crippen molar-refractivity contribution in [2.45, 2.75) is 52.4 Å². The van der Waals surface area contributed by atoms with Crippen LogP contribution in [0.2, 0.25) is 0 Å². The minimum absolute atomic E-state index is 0.138. The topological polar surface area (TPSA) is 23.9 Å². The maximum atomic E-state index is 7.42. The Labute approximate surface area is 99.4 Å². The quantitative estimate of drug-likeness (QED) is 0.679. The molecule has 1 nitrogen and oxygen atoms in total. The normalized spacial score (nSPS) is 12.6. The molecule has 0 unspecified atom stereocenters. The van der Waals surface area contributed by atoms with Gasteiger partial charge < -0.3 is 5.41 Å². The second kappa shape index (κ2) is 4.04. The fourth-order valence-electron chi connectivity index (χ4n) is 1.60. The standard InChI is InChI=1S/C15H23N/c1-14(2,3)12-7-11(10-16)8-13(9-12)15(4,5)6/h7-10,16H,1-6H3. The molecule has 0 aliphatic rings. The lowest BCUT2D eigenvalue weighted by Crippen LogP contribution is -2.16. The second-order valence-electron chi connectivity index (χ2n) is 6.49. The van der Waals surface area contributed by atoms with Crippen LogP contribution in [0.3, 0.4) is 0 Å². The van der Waals surface area contributed by atoms with Crippen LogP contribution in [-0.4, -0.2) is 6.21 Å². The van der Waals surface area contributed by atoms with Crippen LogP contribution in [0.4, 0.5) is 0 Å². The molecule has 0 bridgehead atoms. The van der Waals surface area contributed by atoms with Gasteiger partial charge in [0.15, 0.2) is 0 Å². The lowest BCUT2D eigenvalue weighted by Gasteiger charge is -2.25. The molecule has 1 aromatic rings. The van der Waals surface area contributed by atoms with Gasteiger partial charge in [-0.15, -0.1) is 0 Å². The highest BCUT2D eigenvalue weighted by Gasteiger charge is 2.19. The molecule has 1 rings (SSSR count). The van der Waals surface area contributed by atoms with E-state index in [1.54, 1.807) is 0 Å². The smallest absolute Gasteiger partial charge is 0.0250 e. The molecule has 0 aliphatic carbocycles. The molecule has 0 aliphatic heterocycles. The van der Waals surface area contributed by atoms with Gasteiger partial charge in [0.25, 0.3) is 0 Å². The van der Waals surface area contributed by atoms with Crippen molar-refractivity contribution in [3.63, 3.8) is 0 Å². The van der Waals surface area contributed by atoms with Gasteiger partial charge in [-0.05, 0) is 39.7 Å². The Kier molecular flexibility index (Phi) is 3.27. The van der Waals surface area contributed by atoms with Crippen LogP contribution in [0.1, 0.15) is 58.2 Å². The van der Waals surface area contributed by atoms with Crippen LogP contribution in [-0.2, 0) is 10.8 Å². The predicted molar refractivity (Wildman–Crippen MR) is 71.7 cm³/mol. The van der Waals surface area contributed by atoms with Crippen molar-refractivity contribution in [3.05, 3.63) is 34.9 Å². The molecule has 0 fully saturated rings. The first-order chi connectivity index (χ1) is 7.14. The van der Waals surface area contributed by atoms with Crippen LogP contribution in [0.25, 0.3) is 0 Å². The van der Waals surface area contributed by atoms with Crippen molar-refractivity contribution >= 4 is 6.21 Å². The lowest BCUT2D eigenvalue weighted by molar-refractivity contribution is 0.568. The first-order valence-corrected chi connectivity index (χ1v) is 5.81. The van der Waals surface area contributed by atoms with Crippen molar-refractivity contribution in [1.29, 1.82) is 5.41 Å². The maximum Gasteiger partial charge on any atom is 0.0250 e. The zero-order chi connectivity index (χ0) is 12.6. The summed E-state index contributed by atoms with van der Waals surface area (Å²) >= 11 is 0. The monoisotopic (exact) mass is 217 g/mol. The van der Waals surface area contributed by atoms with Crippen molar-refractivity contribution < 1.29 is 0 Å². The summed E-state index contributed by atoms with van der Waals surface area (Å²) in [6.07, 6.45) is 1.44. The Morgan fingerprint density at radius 2 is 1.19 bits per heavy atom. The Bertz CT molecular complexity index is 357. The van der Waals surface area contributed by atoms with E-state index >= 15 is 0 Å². The fourth-order valence-corrected chi connectivity index (χ4v) is 1.60. The third kappa shape index (κ3) is 2.94. The molecule has 0 aromatic heterocycles. The van der Waals surface area contributed by atoms with E-state index in [2.05, 4.69) is 59.7 Å². The van der Waals surface area contributed by atoms with Gasteiger partial charge in [-0.2, -0.15) is 0 Å². The zero-order valence-electron chi connectivity index (χ0n) is 11.3. The highest BCUT2D eigenvalue weighted by Crippen LogP contribution is 2.29. The molecule has 1 aromatic carbocycles. The minimum Gasteiger partial charge on any atom is -0.308 e. The number of hydrogen-bond acceptors (Lipinski definition) is 1. The molecular weight excluding hydrogens is 194 g/mol. The average Bonchev–Trinajstić information content (AvgIpc) is 2.14. The SMILES string of the molecule is CC(C)(C)c1cc(C=N)cc(C(C)(C)C)c1. The van der Waals surface area contributed by atoms with Gasteiger partial charge in [-0.25, -0.2) is 0 Å². The molecule has 0 heterocycles. The minimum atomic E-state index is 0.138. The summed E-state index contributed by atoms with van der Waals surface area (Å²) < 4.78 is 0. The summed E-state index contributed by atoms with van der Waals surface area (Å²) in [4.78, 5) is 0. The highest BCUT2D eigenvalue weighted by atomic mass is 14.3. The van der Waals surface area contributed by atoms with Crippen molar-refractivity contribution in [1.82, 2.24) is 0 Å². The molecule has 0 atom stereocenters. The maximum absolute atomic E-state index is 7.42.